The number of halogens is 3. The van der Waals surface area contributed by atoms with E-state index in [2.05, 4.69) is 5.32 Å². The van der Waals surface area contributed by atoms with Crippen molar-refractivity contribution >= 4 is 23.6 Å². The summed E-state index contributed by atoms with van der Waals surface area (Å²) in [5.74, 6) is 0.869. The lowest BCUT2D eigenvalue weighted by molar-refractivity contribution is -0.117. The molecule has 0 aromatic heterocycles. The lowest BCUT2D eigenvalue weighted by atomic mass is 10.0. The summed E-state index contributed by atoms with van der Waals surface area (Å²) in [6.07, 6.45) is 2.12. The topological polar surface area (TPSA) is 50.8 Å². The van der Waals surface area contributed by atoms with E-state index in [0.717, 1.165) is 5.56 Å². The van der Waals surface area contributed by atoms with Gasteiger partial charge in [-0.3, -0.25) is 9.69 Å². The van der Waals surface area contributed by atoms with Gasteiger partial charge in [0, 0.05) is 25.2 Å². The van der Waals surface area contributed by atoms with E-state index in [0.29, 0.717) is 55.7 Å². The molecule has 1 N–H and O–H groups in total. The highest BCUT2D eigenvalue weighted by molar-refractivity contribution is 6.32. The van der Waals surface area contributed by atoms with Crippen LogP contribution in [0.3, 0.4) is 0 Å². The minimum Gasteiger partial charge on any atom is -0.486 e. The molecule has 3 rings (SSSR count). The standard InChI is InChI=1S/C18H21ClF2N2O3/c19-14-9-12(10-15-18(14)26-8-7-25-15)1-2-17(24)22-13-3-5-23(6-4-13)11-16(20)21/h1-2,9-10,13,16H,3-8,11H2,(H,22,24)/b2-1-. The third kappa shape index (κ3) is 5.08. The van der Waals surface area contributed by atoms with E-state index in [1.54, 1.807) is 23.1 Å². The van der Waals surface area contributed by atoms with Gasteiger partial charge in [0.05, 0.1) is 11.6 Å². The largest absolute Gasteiger partial charge is 0.486 e. The third-order valence-electron chi connectivity index (χ3n) is 4.38. The first-order chi connectivity index (χ1) is 12.5. The number of likely N-dealkylation sites (tertiary alicyclic amines) is 1. The molecular weight excluding hydrogens is 366 g/mol. The number of nitrogens with one attached hydrogen (secondary N) is 1. The predicted molar refractivity (Wildman–Crippen MR) is 95.1 cm³/mol. The number of piperidine rings is 1. The van der Waals surface area contributed by atoms with Crippen molar-refractivity contribution in [2.24, 2.45) is 0 Å². The first-order valence-corrected chi connectivity index (χ1v) is 8.97. The molecule has 0 radical (unpaired) electrons. The molecule has 1 saturated heterocycles. The Kier molecular flexibility index (Phi) is 6.32. The molecule has 2 aliphatic heterocycles. The van der Waals surface area contributed by atoms with Crippen LogP contribution in [-0.4, -0.2) is 56.1 Å². The minimum atomic E-state index is -2.32. The van der Waals surface area contributed by atoms with Gasteiger partial charge in [0.1, 0.15) is 13.2 Å². The fourth-order valence-corrected chi connectivity index (χ4v) is 3.38. The van der Waals surface area contributed by atoms with Crippen LogP contribution < -0.4 is 14.8 Å². The van der Waals surface area contributed by atoms with Crippen LogP contribution in [0, 0.1) is 0 Å². The summed E-state index contributed by atoms with van der Waals surface area (Å²) in [5.41, 5.74) is 0.737. The van der Waals surface area contributed by atoms with Crippen LogP contribution in [0.1, 0.15) is 18.4 Å². The van der Waals surface area contributed by atoms with E-state index in [1.165, 1.54) is 6.08 Å². The molecule has 0 aliphatic carbocycles. The van der Waals surface area contributed by atoms with Crippen LogP contribution in [-0.2, 0) is 4.79 Å². The van der Waals surface area contributed by atoms with Gasteiger partial charge in [-0.05, 0) is 36.6 Å². The van der Waals surface area contributed by atoms with Crippen molar-refractivity contribution in [1.29, 1.82) is 0 Å². The summed E-state index contributed by atoms with van der Waals surface area (Å²) in [6, 6.07) is 3.49. The Balaban J connectivity index is 1.52. The van der Waals surface area contributed by atoms with Crippen molar-refractivity contribution in [2.75, 3.05) is 32.8 Å². The zero-order valence-electron chi connectivity index (χ0n) is 14.2. The summed E-state index contributed by atoms with van der Waals surface area (Å²) in [4.78, 5) is 13.8. The van der Waals surface area contributed by atoms with Crippen molar-refractivity contribution in [3.8, 4) is 11.5 Å². The normalized spacial score (nSPS) is 18.5. The zero-order valence-corrected chi connectivity index (χ0v) is 15.0. The first-order valence-electron chi connectivity index (χ1n) is 8.59. The average molecular weight is 387 g/mol. The van der Waals surface area contributed by atoms with Crippen LogP contribution in [0.4, 0.5) is 8.78 Å². The maximum absolute atomic E-state index is 12.4. The van der Waals surface area contributed by atoms with Crippen LogP contribution in [0.15, 0.2) is 18.2 Å². The second-order valence-corrected chi connectivity index (χ2v) is 6.74. The summed E-state index contributed by atoms with van der Waals surface area (Å²) in [6.45, 7) is 1.85. The predicted octanol–water partition coefficient (Wildman–Crippen LogP) is 2.97. The zero-order chi connectivity index (χ0) is 18.5. The summed E-state index contributed by atoms with van der Waals surface area (Å²) in [7, 11) is 0. The molecule has 26 heavy (non-hydrogen) atoms. The average Bonchev–Trinajstić information content (AvgIpc) is 2.61. The van der Waals surface area contributed by atoms with Gasteiger partial charge in [-0.15, -0.1) is 0 Å². The molecule has 0 spiro atoms. The van der Waals surface area contributed by atoms with Gasteiger partial charge in [0.25, 0.3) is 6.43 Å². The van der Waals surface area contributed by atoms with Crippen molar-refractivity contribution in [1.82, 2.24) is 10.2 Å². The maximum atomic E-state index is 12.4. The number of amides is 1. The fraction of sp³-hybridized carbons (Fsp3) is 0.500. The smallest absolute Gasteiger partial charge is 0.251 e. The molecule has 1 fully saturated rings. The number of hydrogen-bond acceptors (Lipinski definition) is 4. The Hall–Kier alpha value is -1.86. The summed E-state index contributed by atoms with van der Waals surface area (Å²) in [5, 5.41) is 3.35. The highest BCUT2D eigenvalue weighted by Gasteiger charge is 2.22. The molecule has 2 heterocycles. The molecule has 1 amide bonds. The number of carbonyl (C=O) groups excluding carboxylic acids is 1. The second-order valence-electron chi connectivity index (χ2n) is 6.33. The Morgan fingerprint density at radius 1 is 1.31 bits per heavy atom. The Morgan fingerprint density at radius 3 is 2.77 bits per heavy atom. The number of rotatable bonds is 5. The van der Waals surface area contributed by atoms with Crippen LogP contribution in [0.2, 0.25) is 5.02 Å². The van der Waals surface area contributed by atoms with Gasteiger partial charge < -0.3 is 14.8 Å². The minimum absolute atomic E-state index is 0.00456. The van der Waals surface area contributed by atoms with E-state index in [4.69, 9.17) is 21.1 Å². The van der Waals surface area contributed by atoms with Gasteiger partial charge >= 0.3 is 0 Å². The van der Waals surface area contributed by atoms with Crippen molar-refractivity contribution in [2.45, 2.75) is 25.3 Å². The van der Waals surface area contributed by atoms with Gasteiger partial charge in [0.15, 0.2) is 11.5 Å². The number of carbonyl (C=O) groups is 1. The Bertz CT molecular complexity index is 677. The SMILES string of the molecule is O=C(/C=C\c1cc(Cl)c2c(c1)OCCO2)NC1CCN(CC(F)F)CC1. The van der Waals surface area contributed by atoms with Crippen LogP contribution in [0.25, 0.3) is 6.08 Å². The number of ether oxygens (including phenoxy) is 2. The van der Waals surface area contributed by atoms with Crippen LogP contribution in [0.5, 0.6) is 11.5 Å². The molecule has 2 aliphatic rings. The van der Waals surface area contributed by atoms with Gasteiger partial charge in [-0.25, -0.2) is 8.78 Å². The van der Waals surface area contributed by atoms with Gasteiger partial charge in [-0.1, -0.05) is 11.6 Å². The number of nitrogens with zero attached hydrogens (tertiary/aromatic N) is 1. The number of fused-ring (bicyclic) bond motifs is 1. The molecule has 0 unspecified atom stereocenters. The molecule has 8 heteroatoms. The lowest BCUT2D eigenvalue weighted by Crippen LogP contribution is -2.45. The Labute approximate surface area is 155 Å². The maximum Gasteiger partial charge on any atom is 0.251 e. The highest BCUT2D eigenvalue weighted by atomic mass is 35.5. The van der Waals surface area contributed by atoms with E-state index >= 15 is 0 Å². The van der Waals surface area contributed by atoms with E-state index < -0.39 is 6.43 Å². The lowest BCUT2D eigenvalue weighted by Gasteiger charge is -2.31. The van der Waals surface area contributed by atoms with Gasteiger partial charge in [0.2, 0.25) is 5.91 Å². The molecule has 1 aromatic rings. The molecule has 0 saturated carbocycles. The van der Waals surface area contributed by atoms with Gasteiger partial charge in [-0.2, -0.15) is 0 Å². The van der Waals surface area contributed by atoms with E-state index in [9.17, 15) is 13.6 Å². The van der Waals surface area contributed by atoms with Crippen molar-refractivity contribution < 1.29 is 23.0 Å². The molecule has 5 nitrogen and oxygen atoms in total. The molecular formula is C18H21ClF2N2O3. The third-order valence-corrected chi connectivity index (χ3v) is 4.66. The molecule has 142 valence electrons. The summed E-state index contributed by atoms with van der Waals surface area (Å²) >= 11 is 6.17. The molecule has 0 bridgehead atoms. The number of benzene rings is 1. The van der Waals surface area contributed by atoms with E-state index in [1.807, 2.05) is 0 Å². The van der Waals surface area contributed by atoms with Crippen molar-refractivity contribution in [3.05, 3.63) is 28.8 Å². The van der Waals surface area contributed by atoms with Crippen LogP contribution >= 0.6 is 11.6 Å². The number of alkyl halides is 2. The quantitative estimate of drug-likeness (QED) is 0.790. The summed E-state index contributed by atoms with van der Waals surface area (Å²) < 4.78 is 35.7. The fourth-order valence-electron chi connectivity index (χ4n) is 3.10. The highest BCUT2D eigenvalue weighted by Crippen LogP contribution is 2.38. The number of hydrogen-bond donors (Lipinski definition) is 1. The second kappa shape index (κ2) is 8.68. The monoisotopic (exact) mass is 386 g/mol. The van der Waals surface area contributed by atoms with E-state index in [-0.39, 0.29) is 18.5 Å². The molecule has 0 atom stereocenters. The van der Waals surface area contributed by atoms with Crippen molar-refractivity contribution in [3.63, 3.8) is 0 Å². The first kappa shape index (κ1) is 18.9. The Morgan fingerprint density at radius 2 is 2.04 bits per heavy atom. The molecule has 1 aromatic carbocycles.